The molecule has 2 unspecified atom stereocenters. The molecule has 15 heavy (non-hydrogen) atoms. The normalized spacial score (nSPS) is 21.3. The van der Waals surface area contributed by atoms with Gasteiger partial charge in [0, 0.05) is 6.04 Å². The van der Waals surface area contributed by atoms with E-state index in [4.69, 9.17) is 10.5 Å². The summed E-state index contributed by atoms with van der Waals surface area (Å²) in [5, 5.41) is 2.65. The van der Waals surface area contributed by atoms with Gasteiger partial charge in [0.05, 0.1) is 0 Å². The average molecular weight is 272 g/mol. The largest absolute Gasteiger partial charge is 0.475 e. The van der Waals surface area contributed by atoms with Crippen molar-refractivity contribution in [1.82, 2.24) is 4.98 Å². The van der Waals surface area contributed by atoms with Crippen LogP contribution in [0.5, 0.6) is 5.75 Å². The Balaban J connectivity index is 2.34. The Morgan fingerprint density at radius 3 is 3.07 bits per heavy atom. The number of carbonyl (C=O) groups excluding carboxylic acids is 1. The lowest BCUT2D eigenvalue weighted by Crippen LogP contribution is -2.48. The molecule has 0 saturated carbocycles. The number of halogens is 1. The Bertz CT molecular complexity index is 408. The second-order valence-electron chi connectivity index (χ2n) is 3.37. The molecule has 2 rings (SSSR count). The SMILES string of the molecule is CC(N)C1Oc2ccc(Br)nc2NC1=O. The molecule has 1 amide bonds. The highest BCUT2D eigenvalue weighted by molar-refractivity contribution is 9.10. The van der Waals surface area contributed by atoms with Crippen LogP contribution in [0, 0.1) is 0 Å². The van der Waals surface area contributed by atoms with Crippen LogP contribution < -0.4 is 15.8 Å². The van der Waals surface area contributed by atoms with Gasteiger partial charge >= 0.3 is 0 Å². The summed E-state index contributed by atoms with van der Waals surface area (Å²) in [7, 11) is 0. The third kappa shape index (κ3) is 1.95. The van der Waals surface area contributed by atoms with Crippen LogP contribution in [0.3, 0.4) is 0 Å². The fourth-order valence-corrected chi connectivity index (χ4v) is 1.64. The van der Waals surface area contributed by atoms with Gasteiger partial charge < -0.3 is 15.8 Å². The third-order valence-electron chi connectivity index (χ3n) is 2.06. The van der Waals surface area contributed by atoms with Gasteiger partial charge in [-0.25, -0.2) is 4.98 Å². The first-order valence-electron chi connectivity index (χ1n) is 4.47. The average Bonchev–Trinajstić information content (AvgIpc) is 2.15. The van der Waals surface area contributed by atoms with Gasteiger partial charge in [0.15, 0.2) is 17.7 Å². The standard InChI is InChI=1S/C9H10BrN3O2/c1-4(11)7-9(14)13-8-5(15-7)2-3-6(10)12-8/h2-4,7H,11H2,1H3,(H,12,13,14). The zero-order chi connectivity index (χ0) is 11.0. The number of hydrogen-bond acceptors (Lipinski definition) is 4. The molecular formula is C9H10BrN3O2. The lowest BCUT2D eigenvalue weighted by molar-refractivity contribution is -0.124. The Morgan fingerprint density at radius 2 is 2.40 bits per heavy atom. The van der Waals surface area contributed by atoms with Crippen molar-refractivity contribution >= 4 is 27.7 Å². The fourth-order valence-electron chi connectivity index (χ4n) is 1.33. The first-order valence-corrected chi connectivity index (χ1v) is 5.27. The van der Waals surface area contributed by atoms with Gasteiger partial charge in [0.1, 0.15) is 4.60 Å². The van der Waals surface area contributed by atoms with Gasteiger partial charge in [-0.15, -0.1) is 0 Å². The molecule has 0 aliphatic carbocycles. The van der Waals surface area contributed by atoms with E-state index >= 15 is 0 Å². The van der Waals surface area contributed by atoms with Crippen molar-refractivity contribution in [3.63, 3.8) is 0 Å². The van der Waals surface area contributed by atoms with Crippen molar-refractivity contribution < 1.29 is 9.53 Å². The minimum atomic E-state index is -0.652. The molecule has 1 aromatic heterocycles. The number of amides is 1. The molecule has 0 bridgehead atoms. The molecule has 0 radical (unpaired) electrons. The minimum absolute atomic E-state index is 0.261. The number of nitrogens with two attached hydrogens (primary N) is 1. The van der Waals surface area contributed by atoms with Crippen molar-refractivity contribution in [1.29, 1.82) is 0 Å². The summed E-state index contributed by atoms with van der Waals surface area (Å²) in [6.07, 6.45) is -0.652. The van der Waals surface area contributed by atoms with Crippen LogP contribution in [0.15, 0.2) is 16.7 Å². The van der Waals surface area contributed by atoms with Crippen LogP contribution in [0.1, 0.15) is 6.92 Å². The fraction of sp³-hybridized carbons (Fsp3) is 0.333. The van der Waals surface area contributed by atoms with Gasteiger partial charge in [-0.1, -0.05) is 0 Å². The maximum atomic E-state index is 11.5. The van der Waals surface area contributed by atoms with Gasteiger partial charge in [-0.2, -0.15) is 0 Å². The zero-order valence-electron chi connectivity index (χ0n) is 8.03. The van der Waals surface area contributed by atoms with E-state index < -0.39 is 6.10 Å². The highest BCUT2D eigenvalue weighted by atomic mass is 79.9. The van der Waals surface area contributed by atoms with E-state index in [0.29, 0.717) is 16.2 Å². The van der Waals surface area contributed by atoms with E-state index in [2.05, 4.69) is 26.2 Å². The van der Waals surface area contributed by atoms with Crippen molar-refractivity contribution in [2.75, 3.05) is 5.32 Å². The van der Waals surface area contributed by atoms with Crippen LogP contribution in [0.4, 0.5) is 5.82 Å². The molecule has 1 aromatic rings. The molecule has 3 N–H and O–H groups in total. The number of hydrogen-bond donors (Lipinski definition) is 2. The molecule has 5 nitrogen and oxygen atoms in total. The first kappa shape index (κ1) is 10.4. The van der Waals surface area contributed by atoms with Crippen molar-refractivity contribution in [3.8, 4) is 5.75 Å². The molecule has 1 aliphatic rings. The van der Waals surface area contributed by atoms with E-state index in [1.54, 1.807) is 19.1 Å². The first-order chi connectivity index (χ1) is 7.08. The minimum Gasteiger partial charge on any atom is -0.475 e. The van der Waals surface area contributed by atoms with Crippen molar-refractivity contribution in [2.45, 2.75) is 19.1 Å². The molecule has 0 spiro atoms. The van der Waals surface area contributed by atoms with E-state index in [0.717, 1.165) is 0 Å². The van der Waals surface area contributed by atoms with Gasteiger partial charge in [0.25, 0.3) is 5.91 Å². The van der Waals surface area contributed by atoms with Gasteiger partial charge in [0.2, 0.25) is 0 Å². The van der Waals surface area contributed by atoms with E-state index in [1.165, 1.54) is 0 Å². The number of fused-ring (bicyclic) bond motifs is 1. The topological polar surface area (TPSA) is 77.2 Å². The maximum Gasteiger partial charge on any atom is 0.268 e. The Kier molecular flexibility index (Phi) is 2.62. The quantitative estimate of drug-likeness (QED) is 0.744. The number of carbonyl (C=O) groups is 1. The Labute approximate surface area is 95.1 Å². The highest BCUT2D eigenvalue weighted by Crippen LogP contribution is 2.29. The second-order valence-corrected chi connectivity index (χ2v) is 4.18. The summed E-state index contributed by atoms with van der Waals surface area (Å²) >= 11 is 3.21. The summed E-state index contributed by atoms with van der Waals surface area (Å²) in [6, 6.07) is 3.12. The summed E-state index contributed by atoms with van der Waals surface area (Å²) in [5.74, 6) is 0.703. The van der Waals surface area contributed by atoms with Crippen LogP contribution in [0.2, 0.25) is 0 Å². The smallest absolute Gasteiger partial charge is 0.268 e. The summed E-state index contributed by atoms with van der Waals surface area (Å²) in [5.41, 5.74) is 5.63. The molecule has 1 aliphatic heterocycles. The zero-order valence-corrected chi connectivity index (χ0v) is 9.61. The van der Waals surface area contributed by atoms with E-state index in [-0.39, 0.29) is 11.9 Å². The molecule has 80 valence electrons. The highest BCUT2D eigenvalue weighted by Gasteiger charge is 2.31. The molecule has 0 saturated heterocycles. The van der Waals surface area contributed by atoms with Crippen molar-refractivity contribution in [3.05, 3.63) is 16.7 Å². The van der Waals surface area contributed by atoms with E-state index in [1.807, 2.05) is 0 Å². The Morgan fingerprint density at radius 1 is 1.67 bits per heavy atom. The summed E-state index contributed by atoms with van der Waals surface area (Å²) in [6.45, 7) is 1.72. The maximum absolute atomic E-state index is 11.5. The van der Waals surface area contributed by atoms with Gasteiger partial charge in [-0.05, 0) is 35.0 Å². The monoisotopic (exact) mass is 271 g/mol. The Hall–Kier alpha value is -1.14. The predicted molar refractivity (Wildman–Crippen MR) is 58.6 cm³/mol. The number of rotatable bonds is 1. The van der Waals surface area contributed by atoms with Crippen LogP contribution >= 0.6 is 15.9 Å². The number of aromatic nitrogens is 1. The number of ether oxygens (including phenoxy) is 1. The number of pyridine rings is 1. The predicted octanol–water partition coefficient (Wildman–Crippen LogP) is 0.891. The lowest BCUT2D eigenvalue weighted by atomic mass is 10.1. The summed E-state index contributed by atoms with van der Waals surface area (Å²) < 4.78 is 6.08. The molecule has 0 fully saturated rings. The van der Waals surface area contributed by atoms with Crippen LogP contribution in [-0.2, 0) is 4.79 Å². The molecular weight excluding hydrogens is 262 g/mol. The molecule has 0 aromatic carbocycles. The number of nitrogens with one attached hydrogen (secondary N) is 1. The molecule has 2 atom stereocenters. The van der Waals surface area contributed by atoms with Crippen LogP contribution in [-0.4, -0.2) is 23.0 Å². The number of nitrogens with zero attached hydrogens (tertiary/aromatic N) is 1. The number of anilines is 1. The second kappa shape index (κ2) is 3.79. The molecule has 6 heteroatoms. The van der Waals surface area contributed by atoms with Crippen LogP contribution in [0.25, 0.3) is 0 Å². The van der Waals surface area contributed by atoms with E-state index in [9.17, 15) is 4.79 Å². The summed E-state index contributed by atoms with van der Waals surface area (Å²) in [4.78, 5) is 15.6. The lowest BCUT2D eigenvalue weighted by Gasteiger charge is -2.27. The third-order valence-corrected chi connectivity index (χ3v) is 2.50. The van der Waals surface area contributed by atoms with Gasteiger partial charge in [-0.3, -0.25) is 4.79 Å². The van der Waals surface area contributed by atoms with Crippen molar-refractivity contribution in [2.24, 2.45) is 5.73 Å². The molecule has 2 heterocycles.